The molecular formula is C18H26ClN3O5. The molecule has 3 rings (SSSR count). The highest BCUT2D eigenvalue weighted by molar-refractivity contribution is 6.35. The van der Waals surface area contributed by atoms with Crippen LogP contribution in [0, 0.1) is 5.92 Å². The molecule has 0 unspecified atom stereocenters. The van der Waals surface area contributed by atoms with E-state index in [0.29, 0.717) is 50.0 Å². The third-order valence-corrected chi connectivity index (χ3v) is 5.36. The first kappa shape index (κ1) is 20.0. The first-order valence-corrected chi connectivity index (χ1v) is 9.44. The summed E-state index contributed by atoms with van der Waals surface area (Å²) >= 11 is 6.15. The van der Waals surface area contributed by atoms with Crippen molar-refractivity contribution in [2.75, 3.05) is 58.8 Å². The van der Waals surface area contributed by atoms with Gasteiger partial charge in [0.05, 0.1) is 24.0 Å². The number of hydrogen-bond acceptors (Lipinski definition) is 7. The topological polar surface area (TPSA) is 106 Å². The Morgan fingerprint density at radius 2 is 2.19 bits per heavy atom. The second-order valence-electron chi connectivity index (χ2n) is 6.80. The molecule has 1 saturated heterocycles. The van der Waals surface area contributed by atoms with E-state index < -0.39 is 6.10 Å². The minimum atomic E-state index is -0.500. The van der Waals surface area contributed by atoms with Crippen molar-refractivity contribution >= 4 is 23.2 Å². The van der Waals surface area contributed by atoms with E-state index in [-0.39, 0.29) is 22.5 Å². The van der Waals surface area contributed by atoms with Gasteiger partial charge in [-0.2, -0.15) is 0 Å². The molecule has 4 N–H and O–H groups in total. The number of aliphatic hydroxyl groups excluding tert-OH is 1. The van der Waals surface area contributed by atoms with Crippen LogP contribution in [-0.4, -0.2) is 75.1 Å². The molecule has 0 radical (unpaired) electrons. The number of nitrogens with two attached hydrogens (primary N) is 1. The number of nitrogens with one attached hydrogen (secondary N) is 1. The number of β-amino-alcohol motifs (C(OH)–C–C–N with tert-alkyl or cyclic N) is 1. The molecule has 8 nitrogen and oxygen atoms in total. The van der Waals surface area contributed by atoms with E-state index in [9.17, 15) is 9.90 Å². The maximum Gasteiger partial charge on any atom is 0.255 e. The molecule has 27 heavy (non-hydrogen) atoms. The standard InChI is InChI=1S/C18H26ClN3O5/c1-25-5-4-22-3-2-11(14(23)10-22)9-21-18(24)12-8-13(20)15(19)17-16(12)26-6-7-27-17/h8,11,14,23H,2-7,9-10,20H2,1H3,(H,21,24)/t11-,14+/m0/s1. The smallest absolute Gasteiger partial charge is 0.255 e. The van der Waals surface area contributed by atoms with Crippen LogP contribution in [0.2, 0.25) is 5.02 Å². The average molecular weight is 400 g/mol. The lowest BCUT2D eigenvalue weighted by Crippen LogP contribution is -2.48. The number of carbonyl (C=O) groups excluding carboxylic acids is 1. The van der Waals surface area contributed by atoms with E-state index in [0.717, 1.165) is 19.5 Å². The Balaban J connectivity index is 1.61. The van der Waals surface area contributed by atoms with Crippen LogP contribution in [0.1, 0.15) is 16.8 Å². The van der Waals surface area contributed by atoms with Crippen LogP contribution in [-0.2, 0) is 4.74 Å². The molecule has 1 amide bonds. The number of rotatable bonds is 6. The van der Waals surface area contributed by atoms with E-state index in [1.165, 1.54) is 6.07 Å². The molecule has 150 valence electrons. The molecular weight excluding hydrogens is 374 g/mol. The molecule has 0 bridgehead atoms. The highest BCUT2D eigenvalue weighted by Crippen LogP contribution is 2.43. The minimum absolute atomic E-state index is 0.00890. The normalized spacial score (nSPS) is 22.5. The van der Waals surface area contributed by atoms with Gasteiger partial charge in [0.1, 0.15) is 18.2 Å². The number of halogens is 1. The number of ether oxygens (including phenoxy) is 3. The fourth-order valence-corrected chi connectivity index (χ4v) is 3.59. The van der Waals surface area contributed by atoms with Crippen molar-refractivity contribution in [1.29, 1.82) is 0 Å². The Morgan fingerprint density at radius 1 is 1.44 bits per heavy atom. The number of benzene rings is 1. The number of piperidine rings is 1. The van der Waals surface area contributed by atoms with E-state index >= 15 is 0 Å². The lowest BCUT2D eigenvalue weighted by atomic mass is 9.93. The minimum Gasteiger partial charge on any atom is -0.485 e. The molecule has 9 heteroatoms. The van der Waals surface area contributed by atoms with Gasteiger partial charge in [-0.15, -0.1) is 0 Å². The van der Waals surface area contributed by atoms with Crippen LogP contribution in [0.25, 0.3) is 0 Å². The third-order valence-electron chi connectivity index (χ3n) is 4.97. The van der Waals surface area contributed by atoms with Gasteiger partial charge in [-0.3, -0.25) is 9.69 Å². The summed E-state index contributed by atoms with van der Waals surface area (Å²) in [5.41, 5.74) is 6.45. The van der Waals surface area contributed by atoms with Crippen LogP contribution < -0.4 is 20.5 Å². The highest BCUT2D eigenvalue weighted by atomic mass is 35.5. The fourth-order valence-electron chi connectivity index (χ4n) is 3.39. The lowest BCUT2D eigenvalue weighted by molar-refractivity contribution is 0.0132. The summed E-state index contributed by atoms with van der Waals surface area (Å²) in [6, 6.07) is 1.50. The van der Waals surface area contributed by atoms with Gasteiger partial charge in [0.2, 0.25) is 0 Å². The van der Waals surface area contributed by atoms with E-state index in [2.05, 4.69) is 10.2 Å². The second kappa shape index (κ2) is 8.97. The molecule has 2 aliphatic rings. The van der Waals surface area contributed by atoms with Gasteiger partial charge < -0.3 is 30.4 Å². The molecule has 0 aromatic heterocycles. The van der Waals surface area contributed by atoms with Crippen molar-refractivity contribution < 1.29 is 24.1 Å². The van der Waals surface area contributed by atoms with Crippen molar-refractivity contribution in [3.63, 3.8) is 0 Å². The number of carbonyl (C=O) groups is 1. The second-order valence-corrected chi connectivity index (χ2v) is 7.18. The van der Waals surface area contributed by atoms with Gasteiger partial charge >= 0.3 is 0 Å². The maximum atomic E-state index is 12.7. The SMILES string of the molecule is COCCN1CC[C@@H](CNC(=O)c2cc(N)c(Cl)c3c2OCCO3)[C@H](O)C1. The summed E-state index contributed by atoms with van der Waals surface area (Å²) in [5.74, 6) is 0.284. The Labute approximate surface area is 163 Å². The van der Waals surface area contributed by atoms with Gasteiger partial charge in [-0.05, 0) is 19.0 Å². The number of likely N-dealkylation sites (tertiary alicyclic amines) is 1. The Kier molecular flexibility index (Phi) is 6.64. The summed E-state index contributed by atoms with van der Waals surface area (Å²) in [4.78, 5) is 14.8. The first-order chi connectivity index (χ1) is 13.0. The summed E-state index contributed by atoms with van der Waals surface area (Å²) < 4.78 is 16.2. The summed E-state index contributed by atoms with van der Waals surface area (Å²) in [6.45, 7) is 3.93. The molecule has 2 heterocycles. The maximum absolute atomic E-state index is 12.7. The van der Waals surface area contributed by atoms with Gasteiger partial charge in [0.15, 0.2) is 11.5 Å². The monoisotopic (exact) mass is 399 g/mol. The van der Waals surface area contributed by atoms with Crippen molar-refractivity contribution in [3.05, 3.63) is 16.7 Å². The summed E-state index contributed by atoms with van der Waals surface area (Å²) in [5, 5.41) is 13.5. The number of nitrogens with zero attached hydrogens (tertiary/aromatic N) is 1. The average Bonchev–Trinajstić information content (AvgIpc) is 2.68. The number of anilines is 1. The summed E-state index contributed by atoms with van der Waals surface area (Å²) in [6.07, 6.45) is 0.297. The largest absolute Gasteiger partial charge is 0.485 e. The Morgan fingerprint density at radius 3 is 2.89 bits per heavy atom. The van der Waals surface area contributed by atoms with Gasteiger partial charge in [-0.1, -0.05) is 11.6 Å². The Hall–Kier alpha value is -1.74. The number of fused-ring (bicyclic) bond motifs is 1. The number of aliphatic hydroxyl groups is 1. The van der Waals surface area contributed by atoms with Crippen molar-refractivity contribution in [1.82, 2.24) is 10.2 Å². The number of hydrogen-bond donors (Lipinski definition) is 3. The fraction of sp³-hybridized carbons (Fsp3) is 0.611. The molecule has 1 aromatic rings. The van der Waals surface area contributed by atoms with E-state index in [1.807, 2.05) is 0 Å². The molecule has 0 saturated carbocycles. The highest BCUT2D eigenvalue weighted by Gasteiger charge is 2.29. The predicted octanol–water partition coefficient (Wildman–Crippen LogP) is 0.752. The van der Waals surface area contributed by atoms with Crippen molar-refractivity contribution in [3.8, 4) is 11.5 Å². The van der Waals surface area contributed by atoms with E-state index in [4.69, 9.17) is 31.5 Å². The number of amides is 1. The lowest BCUT2D eigenvalue weighted by Gasteiger charge is -2.35. The van der Waals surface area contributed by atoms with Gasteiger partial charge in [0.25, 0.3) is 5.91 Å². The van der Waals surface area contributed by atoms with Crippen molar-refractivity contribution in [2.45, 2.75) is 12.5 Å². The summed E-state index contributed by atoms with van der Waals surface area (Å²) in [7, 11) is 1.66. The number of methoxy groups -OCH3 is 1. The van der Waals surface area contributed by atoms with Crippen LogP contribution >= 0.6 is 11.6 Å². The first-order valence-electron chi connectivity index (χ1n) is 9.06. The zero-order chi connectivity index (χ0) is 19.4. The van der Waals surface area contributed by atoms with Crippen LogP contribution in [0.4, 0.5) is 5.69 Å². The number of nitrogen functional groups attached to an aromatic ring is 1. The zero-order valence-corrected chi connectivity index (χ0v) is 16.1. The van der Waals surface area contributed by atoms with Gasteiger partial charge in [0, 0.05) is 32.7 Å². The third kappa shape index (κ3) is 4.57. The Bertz CT molecular complexity index is 687. The molecule has 0 aliphatic carbocycles. The molecule has 1 aromatic carbocycles. The van der Waals surface area contributed by atoms with E-state index in [1.54, 1.807) is 7.11 Å². The molecule has 1 fully saturated rings. The van der Waals surface area contributed by atoms with Crippen LogP contribution in [0.3, 0.4) is 0 Å². The quantitative estimate of drug-likeness (QED) is 0.606. The molecule has 0 spiro atoms. The van der Waals surface area contributed by atoms with Crippen molar-refractivity contribution in [2.24, 2.45) is 5.92 Å². The van der Waals surface area contributed by atoms with Crippen LogP contribution in [0.15, 0.2) is 6.07 Å². The zero-order valence-electron chi connectivity index (χ0n) is 15.4. The van der Waals surface area contributed by atoms with Crippen LogP contribution in [0.5, 0.6) is 11.5 Å². The molecule has 2 atom stereocenters. The van der Waals surface area contributed by atoms with Gasteiger partial charge in [-0.25, -0.2) is 0 Å². The predicted molar refractivity (Wildman–Crippen MR) is 102 cm³/mol. The molecule has 2 aliphatic heterocycles.